The van der Waals surface area contributed by atoms with Crippen LogP contribution < -0.4 is 4.74 Å². The van der Waals surface area contributed by atoms with Crippen molar-refractivity contribution in [1.29, 1.82) is 0 Å². The van der Waals surface area contributed by atoms with Crippen LogP contribution in [0, 0.1) is 0 Å². The van der Waals surface area contributed by atoms with Gasteiger partial charge in [-0.1, -0.05) is 18.2 Å². The largest absolute Gasteiger partial charge is 0.423 e. The van der Waals surface area contributed by atoms with Crippen LogP contribution in [0.3, 0.4) is 0 Å². The second-order valence-corrected chi connectivity index (χ2v) is 3.21. The number of ether oxygens (including phenoxy) is 1. The van der Waals surface area contributed by atoms with E-state index in [2.05, 4.69) is 15.0 Å². The van der Waals surface area contributed by atoms with Crippen molar-refractivity contribution in [3.63, 3.8) is 0 Å². The highest BCUT2D eigenvalue weighted by Gasteiger charge is 1.94. The molecule has 0 amide bonds. The van der Waals surface area contributed by atoms with E-state index in [4.69, 9.17) is 0 Å². The van der Waals surface area contributed by atoms with Gasteiger partial charge in [-0.15, -0.1) is 0 Å². The first-order valence-electron chi connectivity index (χ1n) is 4.99. The van der Waals surface area contributed by atoms with Crippen LogP contribution in [0.1, 0.15) is 0 Å². The molecule has 0 aliphatic heterocycles. The zero-order valence-corrected chi connectivity index (χ0v) is 8.91. The summed E-state index contributed by atoms with van der Waals surface area (Å²) in [6, 6.07) is 16.1. The van der Waals surface area contributed by atoms with Gasteiger partial charge in [0.25, 0.3) is 0 Å². The predicted molar refractivity (Wildman–Crippen MR) is 63.4 cm³/mol. The van der Waals surface area contributed by atoms with Crippen LogP contribution in [0.4, 0.5) is 11.4 Å². The number of azo groups is 1. The molecule has 4 heteroatoms. The van der Waals surface area contributed by atoms with Crippen molar-refractivity contribution < 1.29 is 9.53 Å². The van der Waals surface area contributed by atoms with E-state index in [0.717, 1.165) is 5.69 Å². The zero-order valence-electron chi connectivity index (χ0n) is 8.91. The highest BCUT2D eigenvalue weighted by Crippen LogP contribution is 2.20. The first-order chi connectivity index (χ1) is 8.38. The molecule has 0 bridgehead atoms. The molecule has 2 aromatic carbocycles. The maximum absolute atomic E-state index is 9.98. The van der Waals surface area contributed by atoms with Crippen molar-refractivity contribution >= 4 is 17.8 Å². The van der Waals surface area contributed by atoms with Crippen LogP contribution in [0.2, 0.25) is 0 Å². The Hall–Kier alpha value is -2.49. The molecule has 0 aromatic heterocycles. The fourth-order valence-corrected chi connectivity index (χ4v) is 1.24. The van der Waals surface area contributed by atoms with E-state index >= 15 is 0 Å². The molecule has 2 aromatic rings. The van der Waals surface area contributed by atoms with E-state index < -0.39 is 0 Å². The first-order valence-corrected chi connectivity index (χ1v) is 4.99. The standard InChI is InChI=1S/C13H9N2O2/c16-10-17-13-8-6-12(7-9-13)15-14-11-4-2-1-3-5-11/h1-9H. The quantitative estimate of drug-likeness (QED) is 0.747. The Bertz CT molecular complexity index is 507. The monoisotopic (exact) mass is 225 g/mol. The maximum atomic E-state index is 9.98. The summed E-state index contributed by atoms with van der Waals surface area (Å²) in [5.74, 6) is 0.429. The van der Waals surface area contributed by atoms with E-state index in [9.17, 15) is 4.79 Å². The number of rotatable bonds is 4. The third-order valence-corrected chi connectivity index (χ3v) is 2.03. The molecule has 0 saturated carbocycles. The number of hydrogen-bond donors (Lipinski definition) is 0. The van der Waals surface area contributed by atoms with Crippen molar-refractivity contribution in [3.05, 3.63) is 54.6 Å². The van der Waals surface area contributed by atoms with Crippen molar-refractivity contribution in [2.75, 3.05) is 0 Å². The molecule has 0 unspecified atom stereocenters. The van der Waals surface area contributed by atoms with Crippen molar-refractivity contribution in [2.45, 2.75) is 0 Å². The lowest BCUT2D eigenvalue weighted by Gasteiger charge is -1.96. The van der Waals surface area contributed by atoms with Crippen LogP contribution in [0.25, 0.3) is 0 Å². The molecule has 17 heavy (non-hydrogen) atoms. The van der Waals surface area contributed by atoms with E-state index in [1.54, 1.807) is 24.3 Å². The number of nitrogens with zero attached hydrogens (tertiary/aromatic N) is 2. The molecule has 0 atom stereocenters. The molecule has 0 N–H and O–H groups in total. The zero-order chi connectivity index (χ0) is 11.9. The Morgan fingerprint density at radius 2 is 1.41 bits per heavy atom. The van der Waals surface area contributed by atoms with Crippen LogP contribution in [0.15, 0.2) is 64.8 Å². The van der Waals surface area contributed by atoms with Gasteiger partial charge in [0.1, 0.15) is 5.75 Å². The third-order valence-electron chi connectivity index (χ3n) is 2.03. The topological polar surface area (TPSA) is 51.0 Å². The fraction of sp³-hybridized carbons (Fsp3) is 0. The van der Waals surface area contributed by atoms with Crippen LogP contribution >= 0.6 is 0 Å². The second-order valence-electron chi connectivity index (χ2n) is 3.21. The van der Waals surface area contributed by atoms with E-state index in [1.165, 1.54) is 6.47 Å². The Labute approximate surface area is 98.6 Å². The van der Waals surface area contributed by atoms with Crippen LogP contribution in [0.5, 0.6) is 5.75 Å². The lowest BCUT2D eigenvalue weighted by atomic mass is 10.3. The Morgan fingerprint density at radius 1 is 0.824 bits per heavy atom. The molecule has 0 aliphatic rings. The molecule has 0 spiro atoms. The minimum atomic E-state index is 0.429. The second kappa shape index (κ2) is 5.55. The van der Waals surface area contributed by atoms with Crippen LogP contribution in [-0.4, -0.2) is 6.47 Å². The van der Waals surface area contributed by atoms with E-state index in [0.29, 0.717) is 11.4 Å². The summed E-state index contributed by atoms with van der Waals surface area (Å²) in [4.78, 5) is 9.98. The highest BCUT2D eigenvalue weighted by atomic mass is 16.5. The van der Waals surface area contributed by atoms with Gasteiger partial charge in [-0.05, 0) is 36.4 Å². The van der Waals surface area contributed by atoms with Crippen molar-refractivity contribution in [2.24, 2.45) is 10.2 Å². The summed E-state index contributed by atoms with van der Waals surface area (Å²) >= 11 is 0. The van der Waals surface area contributed by atoms with Gasteiger partial charge in [0.2, 0.25) is 0 Å². The highest BCUT2D eigenvalue weighted by molar-refractivity contribution is 5.49. The number of benzene rings is 2. The van der Waals surface area contributed by atoms with Gasteiger partial charge in [0.15, 0.2) is 0 Å². The smallest absolute Gasteiger partial charge is 0.418 e. The first kappa shape index (κ1) is 11.0. The maximum Gasteiger partial charge on any atom is 0.423 e. The predicted octanol–water partition coefficient (Wildman–Crippen LogP) is 3.55. The molecule has 83 valence electrons. The molecule has 0 aliphatic carbocycles. The minimum absolute atomic E-state index is 0.429. The molecule has 2 rings (SSSR count). The summed E-state index contributed by atoms with van der Waals surface area (Å²) < 4.78 is 4.55. The van der Waals surface area contributed by atoms with Crippen molar-refractivity contribution in [1.82, 2.24) is 0 Å². The third kappa shape index (κ3) is 3.24. The van der Waals surface area contributed by atoms with E-state index in [1.807, 2.05) is 30.3 Å². The van der Waals surface area contributed by atoms with Crippen molar-refractivity contribution in [3.8, 4) is 5.75 Å². The summed E-state index contributed by atoms with van der Waals surface area (Å²) in [5, 5.41) is 8.11. The molecule has 4 nitrogen and oxygen atoms in total. The SMILES string of the molecule is O=[C]Oc1ccc(N=Nc2ccccc2)cc1. The summed E-state index contributed by atoms with van der Waals surface area (Å²) in [6.45, 7) is 1.36. The molecule has 1 radical (unpaired) electrons. The van der Waals surface area contributed by atoms with Gasteiger partial charge >= 0.3 is 6.47 Å². The molecular weight excluding hydrogens is 216 g/mol. The van der Waals surface area contributed by atoms with Crippen LogP contribution in [-0.2, 0) is 4.79 Å². The fourth-order valence-electron chi connectivity index (χ4n) is 1.24. The van der Waals surface area contributed by atoms with Gasteiger partial charge < -0.3 is 4.74 Å². The summed E-state index contributed by atoms with van der Waals surface area (Å²) in [6.07, 6.45) is 0. The lowest BCUT2D eigenvalue weighted by molar-refractivity contribution is 0.443. The average Bonchev–Trinajstić information content (AvgIpc) is 2.40. The summed E-state index contributed by atoms with van der Waals surface area (Å²) in [7, 11) is 0. The van der Waals surface area contributed by atoms with Gasteiger partial charge in [0.05, 0.1) is 11.4 Å². The van der Waals surface area contributed by atoms with Gasteiger partial charge in [0, 0.05) is 0 Å². The van der Waals surface area contributed by atoms with Gasteiger partial charge in [-0.25, -0.2) is 4.79 Å². The lowest BCUT2D eigenvalue weighted by Crippen LogP contribution is -1.86. The molecule has 0 saturated heterocycles. The Kier molecular flexibility index (Phi) is 3.60. The van der Waals surface area contributed by atoms with E-state index in [-0.39, 0.29) is 0 Å². The summed E-state index contributed by atoms with van der Waals surface area (Å²) in [5.41, 5.74) is 1.47. The Balaban J connectivity index is 2.08. The average molecular weight is 225 g/mol. The minimum Gasteiger partial charge on any atom is -0.418 e. The Morgan fingerprint density at radius 3 is 2.00 bits per heavy atom. The number of hydrogen-bond acceptors (Lipinski definition) is 4. The number of carbonyl (C=O) groups excluding carboxylic acids is 1. The van der Waals surface area contributed by atoms with Gasteiger partial charge in [-0.3, -0.25) is 0 Å². The normalized spacial score (nSPS) is 10.4. The molecule has 0 heterocycles. The van der Waals surface area contributed by atoms with Gasteiger partial charge in [-0.2, -0.15) is 10.2 Å². The molecule has 0 fully saturated rings. The molecular formula is C13H9N2O2.